The fourth-order valence-electron chi connectivity index (χ4n) is 7.78. The molecular formula is C46H35N3. The quantitative estimate of drug-likeness (QED) is 0.186. The summed E-state index contributed by atoms with van der Waals surface area (Å²) in [6.07, 6.45) is 0. The van der Waals surface area contributed by atoms with E-state index in [-0.39, 0.29) is 5.41 Å². The highest BCUT2D eigenvalue weighted by Gasteiger charge is 2.39. The summed E-state index contributed by atoms with van der Waals surface area (Å²) >= 11 is 0. The minimum atomic E-state index is -0.298. The zero-order chi connectivity index (χ0) is 33.1. The summed E-state index contributed by atoms with van der Waals surface area (Å²) in [7, 11) is 0. The maximum absolute atomic E-state index is 5.34. The van der Waals surface area contributed by atoms with E-state index >= 15 is 0 Å². The second-order valence-electron chi connectivity index (χ2n) is 13.5. The average molecular weight is 630 g/mol. The number of nitrogens with zero attached hydrogens (tertiary/aromatic N) is 3. The summed E-state index contributed by atoms with van der Waals surface area (Å²) in [5.74, 6) is 0. The van der Waals surface area contributed by atoms with E-state index in [1.165, 1.54) is 44.1 Å². The molecule has 3 heterocycles. The highest BCUT2D eigenvalue weighted by molar-refractivity contribution is 6.19. The van der Waals surface area contributed by atoms with Crippen molar-refractivity contribution in [2.24, 2.45) is 4.99 Å². The number of aliphatic imine (C=N–C) groups is 1. The molecule has 0 fully saturated rings. The third-order valence-electron chi connectivity index (χ3n) is 10.1. The van der Waals surface area contributed by atoms with Crippen LogP contribution < -0.4 is 0 Å². The van der Waals surface area contributed by atoms with E-state index in [1.54, 1.807) is 0 Å². The van der Waals surface area contributed by atoms with Gasteiger partial charge in [-0.3, -0.25) is 4.99 Å². The van der Waals surface area contributed by atoms with Crippen molar-refractivity contribution in [2.45, 2.75) is 26.2 Å². The van der Waals surface area contributed by atoms with Crippen LogP contribution in [0.2, 0.25) is 0 Å². The first-order valence-corrected chi connectivity index (χ1v) is 16.9. The highest BCUT2D eigenvalue weighted by Crippen LogP contribution is 2.48. The molecule has 9 rings (SSSR count). The SMILES string of the molecule is Cc1c(-c2ccccc2)cc(-c2cccc(-n3c4ccccc4c4ccc5c(c43)C(C)(C)C(c3ccccc3)=N5)c2)nc1-c1ccccc1. The summed E-state index contributed by atoms with van der Waals surface area (Å²) < 4.78 is 2.45. The van der Waals surface area contributed by atoms with Gasteiger partial charge in [0, 0.05) is 38.6 Å². The summed E-state index contributed by atoms with van der Waals surface area (Å²) in [6.45, 7) is 6.81. The zero-order valence-electron chi connectivity index (χ0n) is 27.9. The Morgan fingerprint density at radius 1 is 0.551 bits per heavy atom. The molecule has 0 spiro atoms. The van der Waals surface area contributed by atoms with Gasteiger partial charge in [0.15, 0.2) is 0 Å². The molecule has 6 aromatic carbocycles. The van der Waals surface area contributed by atoms with Gasteiger partial charge in [0.1, 0.15) is 0 Å². The molecule has 8 aromatic rings. The molecule has 0 unspecified atom stereocenters. The highest BCUT2D eigenvalue weighted by atomic mass is 15.0. The van der Waals surface area contributed by atoms with Crippen LogP contribution in [0.3, 0.4) is 0 Å². The van der Waals surface area contributed by atoms with E-state index < -0.39 is 0 Å². The van der Waals surface area contributed by atoms with Gasteiger partial charge < -0.3 is 4.57 Å². The Kier molecular flexibility index (Phi) is 6.70. The lowest BCUT2D eigenvalue weighted by Gasteiger charge is -2.24. The second kappa shape index (κ2) is 11.3. The lowest BCUT2D eigenvalue weighted by atomic mass is 9.78. The lowest BCUT2D eigenvalue weighted by Crippen LogP contribution is -2.27. The maximum Gasteiger partial charge on any atom is 0.0744 e. The number of fused-ring (bicyclic) bond motifs is 5. The third kappa shape index (κ3) is 4.65. The van der Waals surface area contributed by atoms with Crippen molar-refractivity contribution in [1.29, 1.82) is 0 Å². The van der Waals surface area contributed by atoms with Crippen LogP contribution in [0.4, 0.5) is 5.69 Å². The number of benzene rings is 6. The molecule has 0 radical (unpaired) electrons. The Morgan fingerprint density at radius 2 is 1.18 bits per heavy atom. The number of hydrogen-bond donors (Lipinski definition) is 0. The van der Waals surface area contributed by atoms with E-state index in [9.17, 15) is 0 Å². The molecule has 0 bridgehead atoms. The molecule has 49 heavy (non-hydrogen) atoms. The first kappa shape index (κ1) is 29.1. The summed E-state index contributed by atoms with van der Waals surface area (Å²) in [5, 5.41) is 2.48. The molecule has 2 aromatic heterocycles. The molecule has 0 atom stereocenters. The molecule has 3 nitrogen and oxygen atoms in total. The van der Waals surface area contributed by atoms with Crippen LogP contribution >= 0.6 is 0 Å². The predicted octanol–water partition coefficient (Wildman–Crippen LogP) is 11.9. The molecule has 234 valence electrons. The van der Waals surface area contributed by atoms with Crippen molar-refractivity contribution >= 4 is 33.2 Å². The lowest BCUT2D eigenvalue weighted by molar-refractivity contribution is 0.741. The van der Waals surface area contributed by atoms with Crippen molar-refractivity contribution in [1.82, 2.24) is 9.55 Å². The van der Waals surface area contributed by atoms with Gasteiger partial charge in [-0.15, -0.1) is 0 Å². The third-order valence-corrected chi connectivity index (χ3v) is 10.1. The Bertz CT molecular complexity index is 2500. The standard InChI is InChI=1S/C46H35N3/c1-30-38(31-16-7-4-8-17-31)29-40(47-43(30)32-18-9-5-10-19-32)34-22-15-23-35(28-34)49-41-25-14-13-24-36(41)37-26-27-39-42(44(37)49)46(2,3)45(48-39)33-20-11-6-12-21-33/h4-29H,1-3H3. The molecule has 3 heteroatoms. The molecule has 0 saturated carbocycles. The van der Waals surface area contributed by atoms with Gasteiger partial charge in [0.2, 0.25) is 0 Å². The number of para-hydroxylation sites is 1. The first-order valence-electron chi connectivity index (χ1n) is 16.9. The molecule has 0 amide bonds. The Hall–Kier alpha value is -6.06. The molecule has 0 saturated heterocycles. The molecule has 0 aliphatic carbocycles. The first-order chi connectivity index (χ1) is 24.0. The van der Waals surface area contributed by atoms with Crippen LogP contribution in [-0.2, 0) is 5.41 Å². The fourth-order valence-corrected chi connectivity index (χ4v) is 7.78. The fraction of sp³-hybridized carbons (Fsp3) is 0.0870. The Morgan fingerprint density at radius 3 is 1.92 bits per heavy atom. The number of rotatable bonds is 5. The van der Waals surface area contributed by atoms with E-state index in [1.807, 2.05) is 0 Å². The Balaban J connectivity index is 1.27. The molecule has 1 aliphatic rings. The van der Waals surface area contributed by atoms with Crippen LogP contribution in [0.5, 0.6) is 0 Å². The van der Waals surface area contributed by atoms with E-state index in [4.69, 9.17) is 9.98 Å². The van der Waals surface area contributed by atoms with Gasteiger partial charge >= 0.3 is 0 Å². The summed E-state index contributed by atoms with van der Waals surface area (Å²) in [5.41, 5.74) is 15.5. The van der Waals surface area contributed by atoms with Crippen LogP contribution in [-0.4, -0.2) is 15.3 Å². The minimum absolute atomic E-state index is 0.298. The minimum Gasteiger partial charge on any atom is -0.309 e. The monoisotopic (exact) mass is 629 g/mol. The van der Waals surface area contributed by atoms with Gasteiger partial charge in [-0.25, -0.2) is 4.98 Å². The maximum atomic E-state index is 5.34. The topological polar surface area (TPSA) is 30.2 Å². The molecular weight excluding hydrogens is 595 g/mol. The van der Waals surface area contributed by atoms with Crippen molar-refractivity contribution in [2.75, 3.05) is 0 Å². The smallest absolute Gasteiger partial charge is 0.0744 e. The van der Waals surface area contributed by atoms with Gasteiger partial charge in [-0.05, 0) is 73.4 Å². The molecule has 0 N–H and O–H groups in total. The Labute approximate surface area is 286 Å². The van der Waals surface area contributed by atoms with Crippen LogP contribution in [0.15, 0.2) is 163 Å². The summed E-state index contributed by atoms with van der Waals surface area (Å²) in [4.78, 5) is 10.6. The van der Waals surface area contributed by atoms with Gasteiger partial charge in [0.25, 0.3) is 0 Å². The van der Waals surface area contributed by atoms with Crippen molar-refractivity contribution in [3.63, 3.8) is 0 Å². The number of hydrogen-bond acceptors (Lipinski definition) is 2. The van der Waals surface area contributed by atoms with Gasteiger partial charge in [0.05, 0.1) is 33.8 Å². The van der Waals surface area contributed by atoms with E-state index in [2.05, 4.69) is 183 Å². The largest absolute Gasteiger partial charge is 0.309 e. The van der Waals surface area contributed by atoms with Crippen molar-refractivity contribution < 1.29 is 0 Å². The predicted molar refractivity (Wildman–Crippen MR) is 205 cm³/mol. The van der Waals surface area contributed by atoms with Crippen molar-refractivity contribution in [3.05, 3.63) is 174 Å². The number of aromatic nitrogens is 2. The normalized spacial score (nSPS) is 13.5. The average Bonchev–Trinajstić information content (AvgIpc) is 3.63. The van der Waals surface area contributed by atoms with E-state index in [0.29, 0.717) is 0 Å². The zero-order valence-corrected chi connectivity index (χ0v) is 27.9. The van der Waals surface area contributed by atoms with Gasteiger partial charge in [-0.2, -0.15) is 0 Å². The second-order valence-corrected chi connectivity index (χ2v) is 13.5. The summed E-state index contributed by atoms with van der Waals surface area (Å²) in [6, 6.07) is 56.1. The van der Waals surface area contributed by atoms with Crippen LogP contribution in [0.1, 0.15) is 30.5 Å². The number of pyridine rings is 1. The van der Waals surface area contributed by atoms with Crippen molar-refractivity contribution in [3.8, 4) is 39.3 Å². The van der Waals surface area contributed by atoms with Crippen LogP contribution in [0.25, 0.3) is 61.1 Å². The van der Waals surface area contributed by atoms with Crippen LogP contribution in [0, 0.1) is 6.92 Å². The molecule has 1 aliphatic heterocycles. The van der Waals surface area contributed by atoms with E-state index in [0.717, 1.165) is 45.2 Å². The van der Waals surface area contributed by atoms with Gasteiger partial charge in [-0.1, -0.05) is 127 Å².